The molecule has 0 radical (unpaired) electrons. The molecule has 0 aliphatic carbocycles. The molecule has 1 aliphatic heterocycles. The Bertz CT molecular complexity index is 1410. The fraction of sp³-hybridized carbons (Fsp3) is 0.286. The smallest absolute Gasteiger partial charge is 0.307 e. The van der Waals surface area contributed by atoms with Crippen LogP contribution in [0.2, 0.25) is 0 Å². The highest BCUT2D eigenvalue weighted by atomic mass is 32.2. The third kappa shape index (κ3) is 6.58. The summed E-state index contributed by atoms with van der Waals surface area (Å²) in [6, 6.07) is 34.1. The van der Waals surface area contributed by atoms with Gasteiger partial charge < -0.3 is 4.74 Å². The first-order valence-electron chi connectivity index (χ1n) is 14.5. The van der Waals surface area contributed by atoms with E-state index in [0.29, 0.717) is 19.7 Å². The van der Waals surface area contributed by atoms with Gasteiger partial charge in [-0.1, -0.05) is 103 Å². The number of piperidine rings is 1. The zero-order valence-electron chi connectivity index (χ0n) is 24.2. The maximum atomic E-state index is 12.3. The van der Waals surface area contributed by atoms with E-state index in [2.05, 4.69) is 102 Å². The minimum Gasteiger partial charge on any atom is -0.466 e. The van der Waals surface area contributed by atoms with Crippen molar-refractivity contribution < 1.29 is 14.3 Å². The van der Waals surface area contributed by atoms with Gasteiger partial charge in [0, 0.05) is 31.5 Å². The Morgan fingerprint density at radius 1 is 0.929 bits per heavy atom. The number of hydrogen-bond donors (Lipinski definition) is 0. The molecule has 3 aromatic carbocycles. The van der Waals surface area contributed by atoms with Crippen molar-refractivity contribution in [2.45, 2.75) is 44.0 Å². The minimum absolute atomic E-state index is 0.0588. The third-order valence-electron chi connectivity index (χ3n) is 7.65. The van der Waals surface area contributed by atoms with Gasteiger partial charge in [-0.15, -0.1) is 0 Å². The Kier molecular flexibility index (Phi) is 9.72. The van der Waals surface area contributed by atoms with Crippen molar-refractivity contribution in [3.8, 4) is 0 Å². The molecule has 1 atom stereocenters. The molecule has 1 saturated heterocycles. The highest BCUT2D eigenvalue weighted by molar-refractivity contribution is 8.14. The van der Waals surface area contributed by atoms with Gasteiger partial charge >= 0.3 is 5.97 Å². The van der Waals surface area contributed by atoms with Gasteiger partial charge in [-0.3, -0.25) is 19.2 Å². The van der Waals surface area contributed by atoms with Gasteiger partial charge in [0.15, 0.2) is 5.12 Å². The first-order valence-corrected chi connectivity index (χ1v) is 15.4. The second kappa shape index (κ2) is 13.8. The number of likely N-dealkylation sites (tertiary alicyclic amines) is 1. The van der Waals surface area contributed by atoms with E-state index < -0.39 is 5.54 Å². The van der Waals surface area contributed by atoms with E-state index in [4.69, 9.17) is 9.84 Å². The summed E-state index contributed by atoms with van der Waals surface area (Å²) in [6.07, 6.45) is 5.12. The van der Waals surface area contributed by atoms with Crippen LogP contribution in [0.5, 0.6) is 0 Å². The molecule has 0 spiro atoms. The van der Waals surface area contributed by atoms with E-state index >= 15 is 0 Å². The van der Waals surface area contributed by atoms with E-state index in [1.807, 2.05) is 12.3 Å². The summed E-state index contributed by atoms with van der Waals surface area (Å²) in [6.45, 7) is 5.76. The number of aryl methyl sites for hydroxylation is 1. The topological polar surface area (TPSA) is 64.4 Å². The Morgan fingerprint density at radius 2 is 1.50 bits per heavy atom. The summed E-state index contributed by atoms with van der Waals surface area (Å²) >= 11 is 1.40. The van der Waals surface area contributed by atoms with Crippen LogP contribution in [-0.2, 0) is 26.4 Å². The lowest BCUT2D eigenvalue weighted by molar-refractivity contribution is -0.143. The van der Waals surface area contributed by atoms with Crippen LogP contribution in [0.4, 0.5) is 0 Å². The van der Waals surface area contributed by atoms with Crippen LogP contribution < -0.4 is 0 Å². The Labute approximate surface area is 252 Å². The molecule has 0 saturated carbocycles. The van der Waals surface area contributed by atoms with Gasteiger partial charge in [0.25, 0.3) is 0 Å². The number of carbonyl (C=O) groups excluding carboxylic acids is 2. The number of thioether (sulfide) groups is 1. The second-order valence-electron chi connectivity index (χ2n) is 10.4. The molecule has 1 aliphatic rings. The molecule has 216 valence electrons. The zero-order chi connectivity index (χ0) is 29.4. The molecular formula is C35H37N3O3S. The first-order chi connectivity index (χ1) is 20.5. The zero-order valence-corrected chi connectivity index (χ0v) is 25.0. The van der Waals surface area contributed by atoms with Crippen molar-refractivity contribution >= 4 is 28.9 Å². The predicted octanol–water partition coefficient (Wildman–Crippen LogP) is 6.57. The average molecular weight is 580 g/mol. The lowest BCUT2D eigenvalue weighted by Gasteiger charge is -2.49. The monoisotopic (exact) mass is 579 g/mol. The van der Waals surface area contributed by atoms with Crippen molar-refractivity contribution in [2.24, 2.45) is 0 Å². The number of ether oxygens (including phenoxy) is 1. The second-order valence-corrected chi connectivity index (χ2v) is 11.8. The number of esters is 1. The molecular weight excluding hydrogens is 542 g/mol. The lowest BCUT2D eigenvalue weighted by atomic mass is 9.74. The maximum absolute atomic E-state index is 12.3. The fourth-order valence-electron chi connectivity index (χ4n) is 5.91. The number of carbonyl (C=O) groups is 2. The first kappa shape index (κ1) is 29.5. The van der Waals surface area contributed by atoms with Gasteiger partial charge in [-0.25, -0.2) is 0 Å². The quantitative estimate of drug-likeness (QED) is 0.157. The molecule has 2 heterocycles. The van der Waals surface area contributed by atoms with E-state index in [1.54, 1.807) is 18.5 Å². The summed E-state index contributed by atoms with van der Waals surface area (Å²) in [4.78, 5) is 26.7. The molecule has 1 fully saturated rings. The molecule has 7 heteroatoms. The molecule has 1 aromatic heterocycles. The molecule has 1 unspecified atom stereocenters. The van der Waals surface area contributed by atoms with Crippen molar-refractivity contribution in [3.05, 3.63) is 131 Å². The summed E-state index contributed by atoms with van der Waals surface area (Å²) in [5.41, 5.74) is 5.03. The fourth-order valence-corrected chi connectivity index (χ4v) is 6.83. The highest BCUT2D eigenvalue weighted by Gasteiger charge is 2.44. The molecule has 6 nitrogen and oxygen atoms in total. The molecule has 0 bridgehead atoms. The number of nitrogens with zero attached hydrogens (tertiary/aromatic N) is 3. The number of hydrogen-bond acceptors (Lipinski definition) is 6. The van der Waals surface area contributed by atoms with E-state index in [0.717, 1.165) is 24.2 Å². The average Bonchev–Trinajstić information content (AvgIpc) is 3.46. The maximum Gasteiger partial charge on any atom is 0.307 e. The Balaban J connectivity index is 1.56. The Hall–Kier alpha value is -3.94. The van der Waals surface area contributed by atoms with Crippen molar-refractivity contribution in [3.63, 3.8) is 0 Å². The van der Waals surface area contributed by atoms with Crippen LogP contribution in [0.25, 0.3) is 6.08 Å². The SMILES string of the molecule is CCOC(=O)CCn1ccc(/C=C2\CN(C(c3ccccc3)(c3ccccc3)c3ccccc3)CCC2SC(C)=O)n1. The lowest BCUT2D eigenvalue weighted by Crippen LogP contribution is -2.52. The molecule has 0 amide bonds. The Morgan fingerprint density at radius 3 is 2.02 bits per heavy atom. The van der Waals surface area contributed by atoms with E-state index in [1.165, 1.54) is 28.5 Å². The summed E-state index contributed by atoms with van der Waals surface area (Å²) in [5, 5.41) is 4.90. The molecule has 0 N–H and O–H groups in total. The van der Waals surface area contributed by atoms with E-state index in [-0.39, 0.29) is 22.8 Å². The third-order valence-corrected chi connectivity index (χ3v) is 8.81. The van der Waals surface area contributed by atoms with Crippen LogP contribution in [-0.4, -0.2) is 50.7 Å². The standard InChI is InChI=1S/C35H37N3O3S/c1-3-41-34(40)21-24-38-23-19-32(36-38)25-28-26-37(22-20-33(28)42-27(2)39)35(29-13-7-4-8-14-29,30-15-9-5-10-16-30)31-17-11-6-12-18-31/h4-19,23,25,33H,3,20-22,24,26H2,1-2H3/b28-25+. The number of benzene rings is 3. The molecule has 5 rings (SSSR count). The molecule has 42 heavy (non-hydrogen) atoms. The van der Waals surface area contributed by atoms with Crippen molar-refractivity contribution in [2.75, 3.05) is 19.7 Å². The summed E-state index contributed by atoms with van der Waals surface area (Å²) in [5.74, 6) is -0.229. The van der Waals surface area contributed by atoms with Gasteiger partial charge in [0.2, 0.25) is 0 Å². The summed E-state index contributed by atoms with van der Waals surface area (Å²) in [7, 11) is 0. The van der Waals surface area contributed by atoms with Crippen molar-refractivity contribution in [1.29, 1.82) is 0 Å². The van der Waals surface area contributed by atoms with Crippen LogP contribution in [0, 0.1) is 0 Å². The van der Waals surface area contributed by atoms with E-state index in [9.17, 15) is 9.59 Å². The van der Waals surface area contributed by atoms with Crippen molar-refractivity contribution in [1.82, 2.24) is 14.7 Å². The van der Waals surface area contributed by atoms with Gasteiger partial charge in [-0.2, -0.15) is 5.10 Å². The number of aromatic nitrogens is 2. The van der Waals surface area contributed by atoms with Gasteiger partial charge in [-0.05, 0) is 47.8 Å². The predicted molar refractivity (Wildman–Crippen MR) is 169 cm³/mol. The minimum atomic E-state index is -0.534. The van der Waals surface area contributed by atoms with Gasteiger partial charge in [0.05, 0.1) is 30.8 Å². The van der Waals surface area contributed by atoms with Crippen LogP contribution in [0.3, 0.4) is 0 Å². The normalized spacial score (nSPS) is 16.8. The van der Waals surface area contributed by atoms with Gasteiger partial charge in [0.1, 0.15) is 0 Å². The summed E-state index contributed by atoms with van der Waals surface area (Å²) < 4.78 is 6.84. The van der Waals surface area contributed by atoms with Crippen LogP contribution in [0.15, 0.2) is 109 Å². The van der Waals surface area contributed by atoms with Crippen LogP contribution >= 0.6 is 11.8 Å². The highest BCUT2D eigenvalue weighted by Crippen LogP contribution is 2.45. The number of rotatable bonds is 10. The van der Waals surface area contributed by atoms with Crippen LogP contribution in [0.1, 0.15) is 49.1 Å². The molecule has 4 aromatic rings. The largest absolute Gasteiger partial charge is 0.466 e.